The molecule has 0 aliphatic heterocycles. The van der Waals surface area contributed by atoms with E-state index in [9.17, 15) is 8.42 Å². The van der Waals surface area contributed by atoms with Gasteiger partial charge in [-0.2, -0.15) is 5.10 Å². The fourth-order valence-electron chi connectivity index (χ4n) is 2.08. The van der Waals surface area contributed by atoms with Crippen LogP contribution in [0.25, 0.3) is 0 Å². The molecular weight excluding hydrogens is 354 g/mol. The van der Waals surface area contributed by atoms with Crippen LogP contribution in [0, 0.1) is 6.92 Å². The van der Waals surface area contributed by atoms with Gasteiger partial charge in [0.05, 0.1) is 26.5 Å². The van der Waals surface area contributed by atoms with Gasteiger partial charge in [-0.3, -0.25) is 4.68 Å². The summed E-state index contributed by atoms with van der Waals surface area (Å²) in [7, 11) is -1.69. The molecule has 2 aromatic rings. The lowest BCUT2D eigenvalue weighted by Crippen LogP contribution is -2.10. The molecule has 21 heavy (non-hydrogen) atoms. The van der Waals surface area contributed by atoms with Gasteiger partial charge >= 0.3 is 0 Å². The van der Waals surface area contributed by atoms with E-state index in [4.69, 9.17) is 5.73 Å². The van der Waals surface area contributed by atoms with Crippen LogP contribution in [0.5, 0.6) is 0 Å². The van der Waals surface area contributed by atoms with Gasteiger partial charge in [-0.25, -0.2) is 8.42 Å². The number of hydrogen-bond donors (Lipinski definition) is 1. The minimum atomic E-state index is -3.44. The quantitative estimate of drug-likeness (QED) is 0.837. The molecule has 114 valence electrons. The van der Waals surface area contributed by atoms with Gasteiger partial charge in [-0.1, -0.05) is 6.92 Å². The van der Waals surface area contributed by atoms with Crippen molar-refractivity contribution in [3.8, 4) is 0 Å². The van der Waals surface area contributed by atoms with E-state index in [0.717, 1.165) is 22.2 Å². The Morgan fingerprint density at radius 2 is 2.05 bits per heavy atom. The lowest BCUT2D eigenvalue weighted by atomic mass is 10.2. The molecule has 1 heterocycles. The number of nitrogens with two attached hydrogens (primary N) is 1. The van der Waals surface area contributed by atoms with Crippen molar-refractivity contribution in [2.24, 2.45) is 7.05 Å². The molecule has 0 aliphatic rings. The Hall–Kier alpha value is -1.34. The summed E-state index contributed by atoms with van der Waals surface area (Å²) in [5.41, 5.74) is 8.59. The van der Waals surface area contributed by atoms with E-state index in [1.54, 1.807) is 36.9 Å². The van der Waals surface area contributed by atoms with Crippen LogP contribution in [-0.4, -0.2) is 18.2 Å². The van der Waals surface area contributed by atoms with Gasteiger partial charge in [0.25, 0.3) is 0 Å². The van der Waals surface area contributed by atoms with E-state index in [-0.39, 0.29) is 10.6 Å². The lowest BCUT2D eigenvalue weighted by Gasteiger charge is -2.08. The van der Waals surface area contributed by atoms with E-state index in [2.05, 4.69) is 21.0 Å². The van der Waals surface area contributed by atoms with Crippen molar-refractivity contribution in [3.05, 3.63) is 39.6 Å². The molecular formula is C14H18BrN3O2S. The van der Waals surface area contributed by atoms with E-state index >= 15 is 0 Å². The summed E-state index contributed by atoms with van der Waals surface area (Å²) < 4.78 is 27.5. The number of nitrogen functional groups attached to an aromatic ring is 1. The summed E-state index contributed by atoms with van der Waals surface area (Å²) in [6, 6.07) is 4.77. The van der Waals surface area contributed by atoms with Crippen molar-refractivity contribution in [3.63, 3.8) is 0 Å². The van der Waals surface area contributed by atoms with E-state index < -0.39 is 9.84 Å². The monoisotopic (exact) mass is 371 g/mol. The predicted octanol–water partition coefficient (Wildman–Crippen LogP) is 2.61. The van der Waals surface area contributed by atoms with Crippen LogP contribution in [0.4, 0.5) is 5.69 Å². The van der Waals surface area contributed by atoms with E-state index in [1.165, 1.54) is 0 Å². The van der Waals surface area contributed by atoms with Gasteiger partial charge in [0.2, 0.25) is 0 Å². The zero-order valence-electron chi connectivity index (χ0n) is 12.2. The topological polar surface area (TPSA) is 78.0 Å². The maximum Gasteiger partial charge on any atom is 0.184 e. The molecule has 2 N–H and O–H groups in total. The molecule has 0 spiro atoms. The second-order valence-corrected chi connectivity index (χ2v) is 7.74. The fraction of sp³-hybridized carbons (Fsp3) is 0.357. The molecule has 0 aliphatic carbocycles. The summed E-state index contributed by atoms with van der Waals surface area (Å²) in [6.45, 7) is 3.78. The van der Waals surface area contributed by atoms with Crippen LogP contribution in [0.15, 0.2) is 27.6 Å². The minimum Gasteiger partial charge on any atom is -0.399 e. The molecule has 5 nitrogen and oxygen atoms in total. The van der Waals surface area contributed by atoms with E-state index in [0.29, 0.717) is 11.4 Å². The molecule has 0 atom stereocenters. The smallest absolute Gasteiger partial charge is 0.184 e. The zero-order valence-corrected chi connectivity index (χ0v) is 14.6. The normalized spacial score (nSPS) is 11.8. The summed E-state index contributed by atoms with van der Waals surface area (Å²) in [4.78, 5) is 0.278. The van der Waals surface area contributed by atoms with Crippen molar-refractivity contribution in [2.75, 3.05) is 5.73 Å². The molecule has 0 unspecified atom stereocenters. The number of sulfone groups is 1. The molecule has 2 rings (SSSR count). The summed E-state index contributed by atoms with van der Waals surface area (Å²) >= 11 is 3.45. The van der Waals surface area contributed by atoms with Crippen molar-refractivity contribution in [2.45, 2.75) is 30.9 Å². The number of hydrogen-bond acceptors (Lipinski definition) is 4. The van der Waals surface area contributed by atoms with Crippen molar-refractivity contribution >= 4 is 31.5 Å². The molecule has 0 fully saturated rings. The Balaban J connectivity index is 2.42. The molecule has 0 saturated carbocycles. The number of anilines is 1. The molecule has 0 radical (unpaired) electrons. The van der Waals surface area contributed by atoms with Gasteiger partial charge in [0.15, 0.2) is 9.84 Å². The summed E-state index contributed by atoms with van der Waals surface area (Å²) in [6.07, 6.45) is 0.745. The number of halogens is 1. The molecule has 1 aromatic heterocycles. The highest BCUT2D eigenvalue weighted by Crippen LogP contribution is 2.26. The van der Waals surface area contributed by atoms with Crippen molar-refractivity contribution in [1.82, 2.24) is 9.78 Å². The van der Waals surface area contributed by atoms with Crippen LogP contribution in [0.2, 0.25) is 0 Å². The first kappa shape index (κ1) is 16.0. The first-order valence-electron chi connectivity index (χ1n) is 6.55. The van der Waals surface area contributed by atoms with Crippen LogP contribution in [0.3, 0.4) is 0 Å². The maximum atomic E-state index is 12.6. The highest BCUT2D eigenvalue weighted by atomic mass is 79.9. The first-order valence-corrected chi connectivity index (χ1v) is 9.00. The third-order valence-electron chi connectivity index (χ3n) is 3.43. The Morgan fingerprint density at radius 1 is 1.38 bits per heavy atom. The van der Waals surface area contributed by atoms with Gasteiger partial charge in [-0.15, -0.1) is 0 Å². The molecule has 7 heteroatoms. The second kappa shape index (κ2) is 5.81. The van der Waals surface area contributed by atoms with Gasteiger partial charge in [-0.05, 0) is 53.0 Å². The maximum absolute atomic E-state index is 12.6. The van der Waals surface area contributed by atoms with E-state index in [1.807, 2.05) is 6.92 Å². The third-order valence-corrected chi connectivity index (χ3v) is 5.97. The van der Waals surface area contributed by atoms with Crippen molar-refractivity contribution in [1.29, 1.82) is 0 Å². The fourth-order valence-corrected chi connectivity index (χ4v) is 4.51. The van der Waals surface area contributed by atoms with Gasteiger partial charge in [0, 0.05) is 12.7 Å². The zero-order chi connectivity index (χ0) is 15.8. The van der Waals surface area contributed by atoms with Gasteiger partial charge in [0.1, 0.15) is 0 Å². The Morgan fingerprint density at radius 3 is 2.57 bits per heavy atom. The number of aryl methyl sites for hydroxylation is 3. The third kappa shape index (κ3) is 3.13. The van der Waals surface area contributed by atoms with Crippen LogP contribution in [-0.2, 0) is 29.1 Å². The number of rotatable bonds is 4. The van der Waals surface area contributed by atoms with Gasteiger partial charge < -0.3 is 5.73 Å². The Bertz CT molecular complexity index is 782. The number of aromatic nitrogens is 2. The molecule has 0 amide bonds. The average molecular weight is 372 g/mol. The Labute approximate surface area is 133 Å². The molecule has 0 saturated heterocycles. The predicted molar refractivity (Wildman–Crippen MR) is 86.8 cm³/mol. The largest absolute Gasteiger partial charge is 0.399 e. The highest BCUT2D eigenvalue weighted by molar-refractivity contribution is 9.10. The SMILES string of the molecule is CCc1nn(C)c(CS(=O)(=O)c2ccc(N)c(C)c2)c1Br. The summed E-state index contributed by atoms with van der Waals surface area (Å²) in [5.74, 6) is -0.0968. The highest BCUT2D eigenvalue weighted by Gasteiger charge is 2.22. The number of benzene rings is 1. The van der Waals surface area contributed by atoms with Crippen LogP contribution in [0.1, 0.15) is 23.9 Å². The van der Waals surface area contributed by atoms with Crippen molar-refractivity contribution < 1.29 is 8.42 Å². The molecule has 1 aromatic carbocycles. The summed E-state index contributed by atoms with van der Waals surface area (Å²) in [5, 5.41) is 4.32. The standard InChI is InChI=1S/C14H18BrN3O2S/c1-4-12-14(15)13(18(3)17-12)8-21(19,20)10-5-6-11(16)9(2)7-10/h5-7H,4,8,16H2,1-3H3. The minimum absolute atomic E-state index is 0.0968. The second-order valence-electron chi connectivity index (χ2n) is 4.96. The van der Waals surface area contributed by atoms with Crippen LogP contribution >= 0.6 is 15.9 Å². The number of nitrogens with zero attached hydrogens (tertiary/aromatic N) is 2. The first-order chi connectivity index (χ1) is 9.76. The average Bonchev–Trinajstić information content (AvgIpc) is 2.69. The Kier molecular flexibility index (Phi) is 4.43. The van der Waals surface area contributed by atoms with Crippen LogP contribution < -0.4 is 5.73 Å². The molecule has 0 bridgehead atoms. The lowest BCUT2D eigenvalue weighted by molar-refractivity contribution is 0.591.